The van der Waals surface area contributed by atoms with E-state index in [1.54, 1.807) is 17.9 Å². The quantitative estimate of drug-likeness (QED) is 0.213. The van der Waals surface area contributed by atoms with Crippen LogP contribution in [0.15, 0.2) is 52.4 Å². The van der Waals surface area contributed by atoms with Gasteiger partial charge in [0.1, 0.15) is 0 Å². The molecule has 0 bridgehead atoms. The molecule has 0 radical (unpaired) electrons. The Morgan fingerprint density at radius 2 is 1.88 bits per heavy atom. The highest BCUT2D eigenvalue weighted by Crippen LogP contribution is 2.38. The van der Waals surface area contributed by atoms with Gasteiger partial charge in [0.05, 0.1) is 27.4 Å². The number of benzene rings is 2. The predicted molar refractivity (Wildman–Crippen MR) is 144 cm³/mol. The van der Waals surface area contributed by atoms with E-state index < -0.39 is 5.97 Å². The Kier molecular flexibility index (Phi) is 9.40. The largest absolute Gasteiger partial charge is 0.490 e. The number of para-hydroxylation sites is 1. The van der Waals surface area contributed by atoms with Gasteiger partial charge >= 0.3 is 5.97 Å². The summed E-state index contributed by atoms with van der Waals surface area (Å²) in [6.45, 7) is 8.06. The first-order valence-electron chi connectivity index (χ1n) is 11.0. The maximum Gasteiger partial charge on any atom is 0.344 e. The topological polar surface area (TPSA) is 77.4 Å². The Hall–Kier alpha value is -2.53. The molecule has 0 saturated carbocycles. The van der Waals surface area contributed by atoms with Gasteiger partial charge in [-0.3, -0.25) is 9.69 Å². The van der Waals surface area contributed by atoms with Crippen LogP contribution in [0.5, 0.6) is 11.5 Å². The third-order valence-corrected chi connectivity index (χ3v) is 6.39. The van der Waals surface area contributed by atoms with E-state index in [1.807, 2.05) is 63.2 Å². The van der Waals surface area contributed by atoms with Crippen molar-refractivity contribution >= 4 is 63.2 Å². The molecular weight excluding hydrogens is 567 g/mol. The zero-order chi connectivity index (χ0) is 24.7. The molecule has 0 spiro atoms. The van der Waals surface area contributed by atoms with Gasteiger partial charge in [0.25, 0.3) is 5.91 Å². The van der Waals surface area contributed by atoms with E-state index in [4.69, 9.17) is 19.2 Å². The summed E-state index contributed by atoms with van der Waals surface area (Å²) in [5.41, 5.74) is 1.58. The number of hydrogen-bond donors (Lipinski definition) is 0. The van der Waals surface area contributed by atoms with E-state index in [9.17, 15) is 9.59 Å². The number of aliphatic imine (C=N–C) groups is 1. The number of hydrogen-bond acceptors (Lipinski definition) is 7. The fourth-order valence-corrected chi connectivity index (χ4v) is 5.09. The summed E-state index contributed by atoms with van der Waals surface area (Å²) in [6.07, 6.45) is 1.83. The lowest BCUT2D eigenvalue weighted by molar-refractivity contribution is -0.145. The van der Waals surface area contributed by atoms with Crippen molar-refractivity contribution in [1.82, 2.24) is 4.90 Å². The minimum absolute atomic E-state index is 0.0360. The van der Waals surface area contributed by atoms with Crippen LogP contribution in [0.4, 0.5) is 5.69 Å². The van der Waals surface area contributed by atoms with Crippen molar-refractivity contribution in [3.63, 3.8) is 0 Å². The molecule has 2 aromatic carbocycles. The van der Waals surface area contributed by atoms with Crippen LogP contribution >= 0.6 is 34.4 Å². The Labute approximate surface area is 217 Å². The summed E-state index contributed by atoms with van der Waals surface area (Å²) in [6, 6.07) is 13.2. The smallest absolute Gasteiger partial charge is 0.344 e. The lowest BCUT2D eigenvalue weighted by Gasteiger charge is -2.19. The summed E-state index contributed by atoms with van der Waals surface area (Å²) < 4.78 is 17.1. The van der Waals surface area contributed by atoms with Crippen molar-refractivity contribution in [2.24, 2.45) is 4.99 Å². The normalized spacial score (nSPS) is 15.9. The number of amides is 1. The van der Waals surface area contributed by atoms with Crippen molar-refractivity contribution in [3.05, 3.63) is 56.5 Å². The van der Waals surface area contributed by atoms with Gasteiger partial charge in [-0.05, 0) is 98.0 Å². The Bertz CT molecular complexity index is 1100. The minimum Gasteiger partial charge on any atom is -0.490 e. The van der Waals surface area contributed by atoms with Crippen molar-refractivity contribution in [1.29, 1.82) is 0 Å². The van der Waals surface area contributed by atoms with Crippen LogP contribution in [0.25, 0.3) is 6.08 Å². The number of nitrogens with zero attached hydrogens (tertiary/aromatic N) is 2. The standard InChI is InChI=1S/C25H27IN2O5S/c1-5-31-20-13-17(12-19(26)23(20)33-15-22(29)32-6-2)14-21-24(30)28(16(3)4)25(34-21)27-18-10-8-7-9-11-18/h7-14,16H,5-6,15H2,1-4H3/b21-14+,27-25?. The van der Waals surface area contributed by atoms with Crippen molar-refractivity contribution in [3.8, 4) is 11.5 Å². The SMILES string of the molecule is CCOC(=O)COc1c(I)cc(/C=C2/SC(=Nc3ccccc3)N(C(C)C)C2=O)cc1OCC. The van der Waals surface area contributed by atoms with Gasteiger partial charge in [0.2, 0.25) is 0 Å². The number of ether oxygens (including phenoxy) is 3. The third kappa shape index (κ3) is 6.53. The van der Waals surface area contributed by atoms with Crippen LogP contribution in [-0.4, -0.2) is 47.8 Å². The summed E-state index contributed by atoms with van der Waals surface area (Å²) in [5.74, 6) is 0.433. The summed E-state index contributed by atoms with van der Waals surface area (Å²) >= 11 is 3.48. The zero-order valence-corrected chi connectivity index (χ0v) is 22.5. The fourth-order valence-electron chi connectivity index (χ4n) is 3.19. The number of carbonyl (C=O) groups is 2. The maximum absolute atomic E-state index is 13.2. The highest BCUT2D eigenvalue weighted by Gasteiger charge is 2.35. The van der Waals surface area contributed by atoms with Crippen molar-refractivity contribution < 1.29 is 23.8 Å². The lowest BCUT2D eigenvalue weighted by Crippen LogP contribution is -2.35. The first kappa shape index (κ1) is 26.1. The van der Waals surface area contributed by atoms with Crippen molar-refractivity contribution in [2.45, 2.75) is 33.7 Å². The van der Waals surface area contributed by atoms with E-state index in [0.29, 0.717) is 34.8 Å². The van der Waals surface area contributed by atoms with Gasteiger partial charge in [-0.25, -0.2) is 9.79 Å². The number of esters is 1. The third-order valence-electron chi connectivity index (χ3n) is 4.60. The average Bonchev–Trinajstić information content (AvgIpc) is 3.09. The number of carbonyl (C=O) groups excluding carboxylic acids is 2. The first-order valence-corrected chi connectivity index (χ1v) is 12.8. The van der Waals surface area contributed by atoms with Crippen LogP contribution in [0.1, 0.15) is 33.3 Å². The maximum atomic E-state index is 13.2. The molecule has 0 aromatic heterocycles. The molecule has 0 atom stereocenters. The molecule has 1 aliphatic rings. The molecule has 0 N–H and O–H groups in total. The van der Waals surface area contributed by atoms with Gasteiger partial charge in [-0.2, -0.15) is 0 Å². The molecule has 2 aromatic rings. The molecule has 34 heavy (non-hydrogen) atoms. The number of amidine groups is 1. The van der Waals surface area contributed by atoms with Crippen molar-refractivity contribution in [2.75, 3.05) is 19.8 Å². The molecule has 180 valence electrons. The van der Waals surface area contributed by atoms with E-state index >= 15 is 0 Å². The molecule has 1 aliphatic heterocycles. The minimum atomic E-state index is -0.445. The van der Waals surface area contributed by atoms with Gasteiger partial charge in [-0.1, -0.05) is 18.2 Å². The molecule has 1 saturated heterocycles. The summed E-state index contributed by atoms with van der Waals surface area (Å²) in [5, 5.41) is 0.645. The molecule has 9 heteroatoms. The molecule has 7 nitrogen and oxygen atoms in total. The summed E-state index contributed by atoms with van der Waals surface area (Å²) in [4.78, 5) is 31.9. The number of halogens is 1. The van der Waals surface area contributed by atoms with E-state index in [2.05, 4.69) is 22.6 Å². The highest BCUT2D eigenvalue weighted by molar-refractivity contribution is 14.1. The highest BCUT2D eigenvalue weighted by atomic mass is 127. The number of rotatable bonds is 9. The van der Waals surface area contributed by atoms with Gasteiger partial charge in [-0.15, -0.1) is 0 Å². The fraction of sp³-hybridized carbons (Fsp3) is 0.320. The second-order valence-corrected chi connectivity index (χ2v) is 9.64. The van der Waals surface area contributed by atoms with Crippen LogP contribution in [0, 0.1) is 3.57 Å². The zero-order valence-electron chi connectivity index (χ0n) is 19.5. The van der Waals surface area contributed by atoms with E-state index in [0.717, 1.165) is 14.8 Å². The van der Waals surface area contributed by atoms with E-state index in [-0.39, 0.29) is 18.6 Å². The summed E-state index contributed by atoms with van der Waals surface area (Å²) in [7, 11) is 0. The van der Waals surface area contributed by atoms with Gasteiger partial charge in [0.15, 0.2) is 23.3 Å². The molecular formula is C25H27IN2O5S. The first-order chi connectivity index (χ1) is 16.3. The Balaban J connectivity index is 1.92. The molecule has 0 unspecified atom stereocenters. The molecule has 1 amide bonds. The van der Waals surface area contributed by atoms with Gasteiger partial charge in [0, 0.05) is 6.04 Å². The predicted octanol–water partition coefficient (Wildman–Crippen LogP) is 5.64. The monoisotopic (exact) mass is 594 g/mol. The average molecular weight is 594 g/mol. The Morgan fingerprint density at radius 3 is 2.53 bits per heavy atom. The molecule has 0 aliphatic carbocycles. The molecule has 1 heterocycles. The van der Waals surface area contributed by atoms with Crippen LogP contribution in [0.3, 0.4) is 0 Å². The van der Waals surface area contributed by atoms with Crippen LogP contribution in [-0.2, 0) is 14.3 Å². The van der Waals surface area contributed by atoms with E-state index in [1.165, 1.54) is 11.8 Å². The Morgan fingerprint density at radius 1 is 1.15 bits per heavy atom. The molecule has 1 fully saturated rings. The van der Waals surface area contributed by atoms with Crippen LogP contribution < -0.4 is 9.47 Å². The number of thioether (sulfide) groups is 1. The lowest BCUT2D eigenvalue weighted by atomic mass is 10.1. The van der Waals surface area contributed by atoms with Crippen LogP contribution in [0.2, 0.25) is 0 Å². The second-order valence-electron chi connectivity index (χ2n) is 7.47. The molecule has 3 rings (SSSR count). The van der Waals surface area contributed by atoms with Gasteiger partial charge < -0.3 is 14.2 Å². The second kappa shape index (κ2) is 12.3.